The number of anilines is 1. The Morgan fingerprint density at radius 1 is 1.28 bits per heavy atom. The first-order chi connectivity index (χ1) is 8.72. The minimum atomic E-state index is 0.349. The lowest BCUT2D eigenvalue weighted by Gasteiger charge is -2.28. The molecule has 0 aromatic heterocycles. The van der Waals surface area contributed by atoms with Crippen LogP contribution in [0.4, 0.5) is 5.69 Å². The van der Waals surface area contributed by atoms with E-state index in [9.17, 15) is 0 Å². The first-order valence-corrected chi connectivity index (χ1v) is 6.56. The maximum atomic E-state index is 5.43. The molecule has 18 heavy (non-hydrogen) atoms. The molecule has 1 aromatic carbocycles. The van der Waals surface area contributed by atoms with Gasteiger partial charge in [-0.15, -0.1) is 0 Å². The maximum absolute atomic E-state index is 5.43. The van der Waals surface area contributed by atoms with E-state index in [-0.39, 0.29) is 0 Å². The molecule has 1 atom stereocenters. The highest BCUT2D eigenvalue weighted by atomic mass is 16.7. The molecule has 4 nitrogen and oxygen atoms in total. The third-order valence-electron chi connectivity index (χ3n) is 3.64. The third kappa shape index (κ3) is 2.25. The van der Waals surface area contributed by atoms with Crippen molar-refractivity contribution in [1.82, 2.24) is 4.90 Å². The van der Waals surface area contributed by atoms with Gasteiger partial charge in [-0.3, -0.25) is 0 Å². The standard InChI is InChI=1S/C14H20N2O2/c1-16(2)6-5-11-4-3-10-7-13-14(18-9-17-13)8-12(10)15-11/h7-8,11,15H,3-6,9H2,1-2H3. The molecular weight excluding hydrogens is 228 g/mol. The Labute approximate surface area is 108 Å². The second kappa shape index (κ2) is 4.69. The Hall–Kier alpha value is -1.42. The van der Waals surface area contributed by atoms with Crippen molar-refractivity contribution in [2.45, 2.75) is 25.3 Å². The van der Waals surface area contributed by atoms with E-state index in [0.29, 0.717) is 12.8 Å². The van der Waals surface area contributed by atoms with Gasteiger partial charge in [0.05, 0.1) is 0 Å². The molecule has 0 amide bonds. The van der Waals surface area contributed by atoms with Crippen molar-refractivity contribution in [2.24, 2.45) is 0 Å². The molecule has 0 radical (unpaired) electrons. The van der Waals surface area contributed by atoms with Gasteiger partial charge in [0.1, 0.15) is 0 Å². The molecule has 0 aliphatic carbocycles. The first-order valence-electron chi connectivity index (χ1n) is 6.56. The Balaban J connectivity index is 1.72. The van der Waals surface area contributed by atoms with Crippen LogP contribution in [0.3, 0.4) is 0 Å². The van der Waals surface area contributed by atoms with E-state index in [1.807, 2.05) is 0 Å². The van der Waals surface area contributed by atoms with E-state index in [1.165, 1.54) is 24.1 Å². The summed E-state index contributed by atoms with van der Waals surface area (Å²) in [6.07, 6.45) is 3.50. The van der Waals surface area contributed by atoms with E-state index in [1.54, 1.807) is 0 Å². The smallest absolute Gasteiger partial charge is 0.231 e. The largest absolute Gasteiger partial charge is 0.454 e. The Bertz CT molecular complexity index is 446. The van der Waals surface area contributed by atoms with Crippen molar-refractivity contribution >= 4 is 5.69 Å². The average molecular weight is 248 g/mol. The lowest BCUT2D eigenvalue weighted by atomic mass is 9.95. The summed E-state index contributed by atoms with van der Waals surface area (Å²) >= 11 is 0. The van der Waals surface area contributed by atoms with E-state index in [4.69, 9.17) is 9.47 Å². The molecule has 0 saturated heterocycles. The zero-order chi connectivity index (χ0) is 12.5. The second-order valence-corrected chi connectivity index (χ2v) is 5.33. The SMILES string of the molecule is CN(C)CCC1CCc2cc3c(cc2N1)OCO3. The molecule has 4 heteroatoms. The number of rotatable bonds is 3. The molecule has 0 bridgehead atoms. The van der Waals surface area contributed by atoms with Crippen molar-refractivity contribution in [3.63, 3.8) is 0 Å². The molecule has 1 N–H and O–H groups in total. The Morgan fingerprint density at radius 2 is 2.06 bits per heavy atom. The van der Waals surface area contributed by atoms with Crippen LogP contribution in [0.2, 0.25) is 0 Å². The Morgan fingerprint density at radius 3 is 2.83 bits per heavy atom. The summed E-state index contributed by atoms with van der Waals surface area (Å²) in [4.78, 5) is 2.23. The van der Waals surface area contributed by atoms with Gasteiger partial charge in [0.25, 0.3) is 0 Å². The van der Waals surface area contributed by atoms with Crippen LogP contribution in [-0.2, 0) is 6.42 Å². The van der Waals surface area contributed by atoms with Crippen molar-refractivity contribution in [1.29, 1.82) is 0 Å². The molecule has 2 aliphatic rings. The van der Waals surface area contributed by atoms with Crippen LogP contribution in [0.1, 0.15) is 18.4 Å². The second-order valence-electron chi connectivity index (χ2n) is 5.33. The van der Waals surface area contributed by atoms with E-state index in [0.717, 1.165) is 24.5 Å². The molecular formula is C14H20N2O2. The summed E-state index contributed by atoms with van der Waals surface area (Å²) in [6, 6.07) is 4.77. The van der Waals surface area contributed by atoms with Gasteiger partial charge in [0.15, 0.2) is 11.5 Å². The molecule has 2 heterocycles. The van der Waals surface area contributed by atoms with Crippen LogP contribution in [0, 0.1) is 0 Å². The first kappa shape index (κ1) is 11.7. The zero-order valence-electron chi connectivity index (χ0n) is 11.0. The van der Waals surface area contributed by atoms with E-state index < -0.39 is 0 Å². The lowest BCUT2D eigenvalue weighted by molar-refractivity contribution is 0.174. The molecule has 2 aliphatic heterocycles. The van der Waals surface area contributed by atoms with E-state index in [2.05, 4.69) is 36.4 Å². The van der Waals surface area contributed by atoms with Gasteiger partial charge < -0.3 is 19.7 Å². The summed E-state index contributed by atoms with van der Waals surface area (Å²) in [7, 11) is 4.24. The van der Waals surface area contributed by atoms with Crippen LogP contribution in [-0.4, -0.2) is 38.4 Å². The van der Waals surface area contributed by atoms with Crippen molar-refractivity contribution in [3.8, 4) is 11.5 Å². The van der Waals surface area contributed by atoms with Crippen LogP contribution in [0.5, 0.6) is 11.5 Å². The van der Waals surface area contributed by atoms with Crippen molar-refractivity contribution < 1.29 is 9.47 Å². The topological polar surface area (TPSA) is 33.7 Å². The van der Waals surface area contributed by atoms with Crippen LogP contribution in [0.15, 0.2) is 12.1 Å². The molecule has 98 valence electrons. The number of aryl methyl sites for hydroxylation is 1. The number of fused-ring (bicyclic) bond motifs is 2. The Kier molecular flexibility index (Phi) is 3.04. The number of benzene rings is 1. The summed E-state index contributed by atoms with van der Waals surface area (Å²) in [5.74, 6) is 1.76. The van der Waals surface area contributed by atoms with Crippen molar-refractivity contribution in [3.05, 3.63) is 17.7 Å². The number of nitrogens with one attached hydrogen (secondary N) is 1. The van der Waals surface area contributed by atoms with Gasteiger partial charge in [-0.2, -0.15) is 0 Å². The molecule has 1 aromatic rings. The quantitative estimate of drug-likeness (QED) is 0.888. The molecule has 0 saturated carbocycles. The summed E-state index contributed by atoms with van der Waals surface area (Å²) in [6.45, 7) is 1.47. The third-order valence-corrected chi connectivity index (χ3v) is 3.64. The van der Waals surface area contributed by atoms with Gasteiger partial charge in [-0.25, -0.2) is 0 Å². The predicted octanol–water partition coefficient (Wildman–Crippen LogP) is 2.09. The average Bonchev–Trinajstić information content (AvgIpc) is 2.80. The maximum Gasteiger partial charge on any atom is 0.231 e. The van der Waals surface area contributed by atoms with E-state index >= 15 is 0 Å². The fraction of sp³-hybridized carbons (Fsp3) is 0.571. The number of hydrogen-bond donors (Lipinski definition) is 1. The minimum absolute atomic E-state index is 0.349. The highest BCUT2D eigenvalue weighted by Gasteiger charge is 2.22. The van der Waals surface area contributed by atoms with Crippen LogP contribution in [0.25, 0.3) is 0 Å². The highest BCUT2D eigenvalue weighted by molar-refractivity contribution is 5.62. The fourth-order valence-corrected chi connectivity index (χ4v) is 2.58. The predicted molar refractivity (Wildman–Crippen MR) is 71.5 cm³/mol. The summed E-state index contributed by atoms with van der Waals surface area (Å²) in [5.41, 5.74) is 2.56. The monoisotopic (exact) mass is 248 g/mol. The number of ether oxygens (including phenoxy) is 2. The van der Waals surface area contributed by atoms with Gasteiger partial charge >= 0.3 is 0 Å². The highest BCUT2D eigenvalue weighted by Crippen LogP contribution is 2.39. The van der Waals surface area contributed by atoms with Crippen molar-refractivity contribution in [2.75, 3.05) is 32.7 Å². The summed E-state index contributed by atoms with van der Waals surface area (Å²) < 4.78 is 10.8. The van der Waals surface area contributed by atoms with Crippen LogP contribution >= 0.6 is 0 Å². The fourth-order valence-electron chi connectivity index (χ4n) is 2.58. The van der Waals surface area contributed by atoms with Crippen LogP contribution < -0.4 is 14.8 Å². The molecule has 3 rings (SSSR count). The van der Waals surface area contributed by atoms with Gasteiger partial charge in [-0.1, -0.05) is 0 Å². The molecule has 0 spiro atoms. The van der Waals surface area contributed by atoms with Gasteiger partial charge in [0.2, 0.25) is 6.79 Å². The minimum Gasteiger partial charge on any atom is -0.454 e. The van der Waals surface area contributed by atoms with Gasteiger partial charge in [0, 0.05) is 17.8 Å². The number of hydrogen-bond acceptors (Lipinski definition) is 4. The number of nitrogens with zero attached hydrogens (tertiary/aromatic N) is 1. The normalized spacial score (nSPS) is 20.7. The lowest BCUT2D eigenvalue weighted by Crippen LogP contribution is -2.29. The van der Waals surface area contributed by atoms with Gasteiger partial charge in [-0.05, 0) is 51.5 Å². The summed E-state index contributed by atoms with van der Waals surface area (Å²) in [5, 5.41) is 3.62. The zero-order valence-corrected chi connectivity index (χ0v) is 11.0. The molecule has 1 unspecified atom stereocenters. The molecule has 0 fully saturated rings.